The molecule has 1 aromatic heterocycles. The van der Waals surface area contributed by atoms with Gasteiger partial charge in [0.2, 0.25) is 11.1 Å². The number of carbonyl (C=O) groups excluding carboxylic acids is 1. The van der Waals surface area contributed by atoms with Gasteiger partial charge in [0.15, 0.2) is 0 Å². The highest BCUT2D eigenvalue weighted by atomic mass is 35.5. The second-order valence-electron chi connectivity index (χ2n) is 5.29. The minimum atomic E-state index is -0.204. The maximum absolute atomic E-state index is 12.2. The van der Waals surface area contributed by atoms with Crippen molar-refractivity contribution in [1.29, 1.82) is 0 Å². The summed E-state index contributed by atoms with van der Waals surface area (Å²) in [6, 6.07) is 14.9. The van der Waals surface area contributed by atoms with Gasteiger partial charge in [0.25, 0.3) is 0 Å². The molecule has 0 unspecified atom stereocenters. The summed E-state index contributed by atoms with van der Waals surface area (Å²) < 4.78 is 6.88. The van der Waals surface area contributed by atoms with Crippen molar-refractivity contribution in [2.75, 3.05) is 18.2 Å². The van der Waals surface area contributed by atoms with Crippen LogP contribution in [-0.4, -0.2) is 39.0 Å². The van der Waals surface area contributed by atoms with Gasteiger partial charge in [-0.3, -0.25) is 4.79 Å². The third kappa shape index (κ3) is 4.74. The largest absolute Gasteiger partial charge is 0.495 e. The van der Waals surface area contributed by atoms with E-state index in [1.807, 2.05) is 30.3 Å². The molecule has 1 amide bonds. The summed E-state index contributed by atoms with van der Waals surface area (Å²) in [5.41, 5.74) is 1.60. The molecule has 26 heavy (non-hydrogen) atoms. The van der Waals surface area contributed by atoms with Crippen molar-refractivity contribution < 1.29 is 9.53 Å². The Morgan fingerprint density at radius 2 is 2.08 bits per heavy atom. The highest BCUT2D eigenvalue weighted by Crippen LogP contribution is 2.28. The molecular formula is C17H16ClN5O2S. The lowest BCUT2D eigenvalue weighted by Crippen LogP contribution is -2.15. The van der Waals surface area contributed by atoms with E-state index in [4.69, 9.17) is 16.3 Å². The molecule has 0 fully saturated rings. The molecule has 134 valence electrons. The van der Waals surface area contributed by atoms with Crippen LogP contribution in [0, 0.1) is 0 Å². The van der Waals surface area contributed by atoms with Crippen molar-refractivity contribution in [3.8, 4) is 5.75 Å². The standard InChI is InChI=1S/C17H16ClN5O2S/c1-25-15-8-7-13(18)9-14(15)19-16(24)11-26-17-20-21-22-23(17)10-12-5-3-2-4-6-12/h2-9H,10-11H2,1H3,(H,19,24). The topological polar surface area (TPSA) is 81.9 Å². The van der Waals surface area contributed by atoms with E-state index in [-0.39, 0.29) is 11.7 Å². The van der Waals surface area contributed by atoms with Gasteiger partial charge >= 0.3 is 0 Å². The zero-order chi connectivity index (χ0) is 18.4. The predicted molar refractivity (Wildman–Crippen MR) is 101 cm³/mol. The average Bonchev–Trinajstić information content (AvgIpc) is 3.08. The predicted octanol–water partition coefficient (Wildman–Crippen LogP) is 3.11. The maximum Gasteiger partial charge on any atom is 0.234 e. The average molecular weight is 390 g/mol. The molecule has 0 aliphatic rings. The molecule has 2 aromatic carbocycles. The van der Waals surface area contributed by atoms with Gasteiger partial charge in [-0.05, 0) is 34.2 Å². The van der Waals surface area contributed by atoms with E-state index in [0.29, 0.717) is 28.2 Å². The monoisotopic (exact) mass is 389 g/mol. The number of nitrogens with one attached hydrogen (secondary N) is 1. The summed E-state index contributed by atoms with van der Waals surface area (Å²) in [5, 5.41) is 15.5. The molecule has 1 heterocycles. The second kappa shape index (κ2) is 8.68. The molecule has 0 atom stereocenters. The van der Waals surface area contributed by atoms with Gasteiger partial charge in [0.1, 0.15) is 5.75 Å². The number of aromatic nitrogens is 4. The first-order chi connectivity index (χ1) is 12.7. The van der Waals surface area contributed by atoms with Crippen LogP contribution in [0.2, 0.25) is 5.02 Å². The van der Waals surface area contributed by atoms with E-state index < -0.39 is 0 Å². The molecular weight excluding hydrogens is 374 g/mol. The van der Waals surface area contributed by atoms with E-state index in [1.54, 1.807) is 22.9 Å². The van der Waals surface area contributed by atoms with Crippen LogP contribution in [-0.2, 0) is 11.3 Å². The number of ether oxygens (including phenoxy) is 1. The first kappa shape index (κ1) is 18.2. The summed E-state index contributed by atoms with van der Waals surface area (Å²) in [4.78, 5) is 12.2. The van der Waals surface area contributed by atoms with E-state index in [1.165, 1.54) is 18.9 Å². The Hall–Kier alpha value is -2.58. The minimum absolute atomic E-state index is 0.158. The number of rotatable bonds is 7. The van der Waals surface area contributed by atoms with Gasteiger partial charge < -0.3 is 10.1 Å². The van der Waals surface area contributed by atoms with Crippen LogP contribution in [0.5, 0.6) is 5.75 Å². The zero-order valence-electron chi connectivity index (χ0n) is 13.9. The maximum atomic E-state index is 12.2. The molecule has 9 heteroatoms. The van der Waals surface area contributed by atoms with Crippen molar-refractivity contribution in [1.82, 2.24) is 20.2 Å². The fourth-order valence-corrected chi connectivity index (χ4v) is 3.10. The number of hydrogen-bond acceptors (Lipinski definition) is 6. The summed E-state index contributed by atoms with van der Waals surface area (Å²) in [5.74, 6) is 0.497. The number of amides is 1. The number of tetrazole rings is 1. The lowest BCUT2D eigenvalue weighted by molar-refractivity contribution is -0.113. The van der Waals surface area contributed by atoms with Crippen molar-refractivity contribution >= 4 is 35.0 Å². The number of benzene rings is 2. The summed E-state index contributed by atoms with van der Waals surface area (Å²) >= 11 is 7.23. The van der Waals surface area contributed by atoms with Crippen LogP contribution in [0.25, 0.3) is 0 Å². The molecule has 3 aromatic rings. The molecule has 0 aliphatic carbocycles. The summed E-state index contributed by atoms with van der Waals surface area (Å²) in [7, 11) is 1.53. The Morgan fingerprint density at radius 1 is 1.27 bits per heavy atom. The Bertz CT molecular complexity index is 888. The highest BCUT2D eigenvalue weighted by Gasteiger charge is 2.12. The van der Waals surface area contributed by atoms with Gasteiger partial charge in [-0.15, -0.1) is 5.10 Å². The molecule has 0 aliphatic heterocycles. The molecule has 0 bridgehead atoms. The molecule has 3 rings (SSSR count). The summed E-state index contributed by atoms with van der Waals surface area (Å²) in [6.45, 7) is 0.542. The van der Waals surface area contributed by atoms with Crippen molar-refractivity contribution in [3.63, 3.8) is 0 Å². The fourth-order valence-electron chi connectivity index (χ4n) is 2.25. The van der Waals surface area contributed by atoms with E-state index in [9.17, 15) is 4.79 Å². The normalized spacial score (nSPS) is 10.5. The van der Waals surface area contributed by atoms with Crippen molar-refractivity contribution in [3.05, 3.63) is 59.1 Å². The van der Waals surface area contributed by atoms with Crippen molar-refractivity contribution in [2.45, 2.75) is 11.7 Å². The minimum Gasteiger partial charge on any atom is -0.495 e. The first-order valence-corrected chi connectivity index (χ1v) is 9.08. The number of hydrogen-bond donors (Lipinski definition) is 1. The van der Waals surface area contributed by atoms with Gasteiger partial charge in [-0.25, -0.2) is 4.68 Å². The lowest BCUT2D eigenvalue weighted by atomic mass is 10.2. The number of carbonyl (C=O) groups is 1. The highest BCUT2D eigenvalue weighted by molar-refractivity contribution is 7.99. The lowest BCUT2D eigenvalue weighted by Gasteiger charge is -2.10. The van der Waals surface area contributed by atoms with Gasteiger partial charge in [0, 0.05) is 5.02 Å². The van der Waals surface area contributed by atoms with Crippen LogP contribution in [0.1, 0.15) is 5.56 Å². The molecule has 7 nitrogen and oxygen atoms in total. The third-order valence-corrected chi connectivity index (χ3v) is 4.63. The Balaban J connectivity index is 1.61. The Kier molecular flexibility index (Phi) is 6.08. The van der Waals surface area contributed by atoms with Crippen molar-refractivity contribution in [2.24, 2.45) is 0 Å². The van der Waals surface area contributed by atoms with Crippen LogP contribution in [0.15, 0.2) is 53.7 Å². The zero-order valence-corrected chi connectivity index (χ0v) is 15.5. The molecule has 0 saturated carbocycles. The molecule has 0 spiro atoms. The molecule has 0 radical (unpaired) electrons. The van der Waals surface area contributed by atoms with Gasteiger partial charge in [0.05, 0.1) is 25.1 Å². The summed E-state index contributed by atoms with van der Waals surface area (Å²) in [6.07, 6.45) is 0. The van der Waals surface area contributed by atoms with Crippen LogP contribution < -0.4 is 10.1 Å². The third-order valence-electron chi connectivity index (χ3n) is 3.44. The first-order valence-electron chi connectivity index (χ1n) is 7.72. The van der Waals surface area contributed by atoms with Crippen LogP contribution in [0.3, 0.4) is 0 Å². The van der Waals surface area contributed by atoms with E-state index in [0.717, 1.165) is 5.56 Å². The molecule has 0 saturated heterocycles. The smallest absolute Gasteiger partial charge is 0.234 e. The molecule has 1 N–H and O–H groups in total. The van der Waals surface area contributed by atoms with Crippen LogP contribution >= 0.6 is 23.4 Å². The van der Waals surface area contributed by atoms with E-state index >= 15 is 0 Å². The number of halogens is 1. The Morgan fingerprint density at radius 3 is 2.85 bits per heavy atom. The number of thioether (sulfide) groups is 1. The SMILES string of the molecule is COc1ccc(Cl)cc1NC(=O)CSc1nnnn1Cc1ccccc1. The quantitative estimate of drug-likeness (QED) is 0.625. The fraction of sp³-hybridized carbons (Fsp3) is 0.176. The number of methoxy groups -OCH3 is 1. The van der Waals surface area contributed by atoms with Gasteiger partial charge in [-0.2, -0.15) is 0 Å². The van der Waals surface area contributed by atoms with Crippen LogP contribution in [0.4, 0.5) is 5.69 Å². The Labute approximate surface area is 159 Å². The van der Waals surface area contributed by atoms with E-state index in [2.05, 4.69) is 20.8 Å². The second-order valence-corrected chi connectivity index (χ2v) is 6.67. The van der Waals surface area contributed by atoms with Gasteiger partial charge in [-0.1, -0.05) is 53.7 Å². The number of nitrogens with zero attached hydrogens (tertiary/aromatic N) is 4. The number of anilines is 1.